The van der Waals surface area contributed by atoms with E-state index in [4.69, 9.17) is 10.5 Å². The number of nitrogen functional groups attached to an aromatic ring is 1. The van der Waals surface area contributed by atoms with Crippen molar-refractivity contribution in [3.63, 3.8) is 0 Å². The summed E-state index contributed by atoms with van der Waals surface area (Å²) < 4.78 is 5.34. The van der Waals surface area contributed by atoms with E-state index in [-0.39, 0.29) is 5.91 Å². The monoisotopic (exact) mass is 256 g/mol. The molecule has 98 valence electrons. The molecule has 0 heterocycles. The normalized spacial score (nSPS) is 9.95. The van der Waals surface area contributed by atoms with Gasteiger partial charge in [-0.3, -0.25) is 4.79 Å². The van der Waals surface area contributed by atoms with Crippen molar-refractivity contribution in [2.45, 2.75) is 6.92 Å². The highest BCUT2D eigenvalue weighted by atomic mass is 16.5. The summed E-state index contributed by atoms with van der Waals surface area (Å²) in [7, 11) is 0. The first kappa shape index (κ1) is 13.0. The summed E-state index contributed by atoms with van der Waals surface area (Å²) in [6.45, 7) is 2.45. The van der Waals surface area contributed by atoms with Gasteiger partial charge in [-0.05, 0) is 37.3 Å². The molecule has 0 spiro atoms. The molecule has 4 heteroatoms. The smallest absolute Gasteiger partial charge is 0.255 e. The summed E-state index contributed by atoms with van der Waals surface area (Å²) in [6, 6.07) is 14.2. The summed E-state index contributed by atoms with van der Waals surface area (Å²) in [5.41, 5.74) is 7.61. The first-order valence-electron chi connectivity index (χ1n) is 6.09. The Labute approximate surface area is 112 Å². The van der Waals surface area contributed by atoms with Crippen molar-refractivity contribution in [3.8, 4) is 5.75 Å². The van der Waals surface area contributed by atoms with Crippen LogP contribution in [0.1, 0.15) is 17.3 Å². The number of nitrogens with two attached hydrogens (primary N) is 1. The summed E-state index contributed by atoms with van der Waals surface area (Å²) in [4.78, 5) is 12.0. The molecule has 0 aromatic heterocycles. The number of nitrogens with one attached hydrogen (secondary N) is 1. The summed E-state index contributed by atoms with van der Waals surface area (Å²) in [5, 5.41) is 2.79. The molecule has 3 N–H and O–H groups in total. The Hall–Kier alpha value is -2.49. The van der Waals surface area contributed by atoms with Gasteiger partial charge in [-0.15, -0.1) is 0 Å². The maximum atomic E-state index is 12.0. The second-order valence-electron chi connectivity index (χ2n) is 4.01. The number of hydrogen-bond acceptors (Lipinski definition) is 3. The first-order chi connectivity index (χ1) is 9.20. The van der Waals surface area contributed by atoms with Crippen molar-refractivity contribution in [2.24, 2.45) is 0 Å². The van der Waals surface area contributed by atoms with Crippen LogP contribution in [-0.4, -0.2) is 12.5 Å². The molecule has 0 radical (unpaired) electrons. The fraction of sp³-hybridized carbons (Fsp3) is 0.133. The van der Waals surface area contributed by atoms with Crippen LogP contribution in [0.3, 0.4) is 0 Å². The lowest BCUT2D eigenvalue weighted by Gasteiger charge is -2.10. The molecule has 0 fully saturated rings. The van der Waals surface area contributed by atoms with Gasteiger partial charge in [0.05, 0.1) is 12.3 Å². The first-order valence-corrected chi connectivity index (χ1v) is 6.09. The van der Waals surface area contributed by atoms with Gasteiger partial charge in [0.25, 0.3) is 5.91 Å². The number of carbonyl (C=O) groups excluding carboxylic acids is 1. The van der Waals surface area contributed by atoms with Gasteiger partial charge in [0.15, 0.2) is 0 Å². The lowest BCUT2D eigenvalue weighted by molar-refractivity contribution is 0.102. The van der Waals surface area contributed by atoms with Gasteiger partial charge < -0.3 is 15.8 Å². The van der Waals surface area contributed by atoms with E-state index < -0.39 is 0 Å². The molecule has 0 aliphatic heterocycles. The van der Waals surface area contributed by atoms with Crippen molar-refractivity contribution in [3.05, 3.63) is 54.1 Å². The molecular formula is C15H16N2O2. The molecule has 4 nitrogen and oxygen atoms in total. The average Bonchev–Trinajstić information content (AvgIpc) is 2.43. The van der Waals surface area contributed by atoms with Gasteiger partial charge in [0.1, 0.15) is 5.75 Å². The Kier molecular flexibility index (Phi) is 4.03. The van der Waals surface area contributed by atoms with Gasteiger partial charge in [-0.25, -0.2) is 0 Å². The quantitative estimate of drug-likeness (QED) is 0.827. The van der Waals surface area contributed by atoms with Crippen LogP contribution in [0.15, 0.2) is 48.5 Å². The number of rotatable bonds is 4. The van der Waals surface area contributed by atoms with Gasteiger partial charge in [0, 0.05) is 11.3 Å². The second kappa shape index (κ2) is 5.91. The Morgan fingerprint density at radius 2 is 1.95 bits per heavy atom. The van der Waals surface area contributed by atoms with E-state index in [2.05, 4.69) is 5.32 Å². The number of ether oxygens (including phenoxy) is 1. The number of hydrogen-bond donors (Lipinski definition) is 2. The van der Waals surface area contributed by atoms with Crippen LogP contribution in [0.5, 0.6) is 5.75 Å². The highest BCUT2D eigenvalue weighted by Gasteiger charge is 2.07. The van der Waals surface area contributed by atoms with Crippen molar-refractivity contribution >= 4 is 17.3 Å². The topological polar surface area (TPSA) is 64.3 Å². The Morgan fingerprint density at radius 3 is 2.58 bits per heavy atom. The van der Waals surface area contributed by atoms with E-state index in [0.717, 1.165) is 0 Å². The van der Waals surface area contributed by atoms with Crippen LogP contribution in [0, 0.1) is 0 Å². The maximum Gasteiger partial charge on any atom is 0.255 e. The molecule has 0 aliphatic carbocycles. The summed E-state index contributed by atoms with van der Waals surface area (Å²) in [5.74, 6) is 0.462. The Balaban J connectivity index is 2.12. The van der Waals surface area contributed by atoms with E-state index in [1.54, 1.807) is 30.3 Å². The van der Waals surface area contributed by atoms with Gasteiger partial charge >= 0.3 is 0 Å². The summed E-state index contributed by atoms with van der Waals surface area (Å²) >= 11 is 0. The maximum absolute atomic E-state index is 12.0. The molecule has 0 saturated heterocycles. The number of amides is 1. The highest BCUT2D eigenvalue weighted by molar-refractivity contribution is 6.04. The molecule has 0 bridgehead atoms. The third-order valence-electron chi connectivity index (χ3n) is 2.60. The number of benzene rings is 2. The lowest BCUT2D eigenvalue weighted by Crippen LogP contribution is -2.11. The minimum atomic E-state index is -0.163. The Morgan fingerprint density at radius 1 is 1.21 bits per heavy atom. The second-order valence-corrected chi connectivity index (χ2v) is 4.01. The molecule has 2 rings (SSSR count). The molecule has 0 atom stereocenters. The van der Waals surface area contributed by atoms with Crippen LogP contribution >= 0.6 is 0 Å². The van der Waals surface area contributed by atoms with Crippen LogP contribution in [0.25, 0.3) is 0 Å². The molecule has 1 amide bonds. The number of carbonyl (C=O) groups is 1. The number of anilines is 2. The van der Waals surface area contributed by atoms with E-state index in [0.29, 0.717) is 29.3 Å². The van der Waals surface area contributed by atoms with Crippen molar-refractivity contribution in [1.82, 2.24) is 0 Å². The average molecular weight is 256 g/mol. The lowest BCUT2D eigenvalue weighted by atomic mass is 10.2. The van der Waals surface area contributed by atoms with Crippen LogP contribution in [0.2, 0.25) is 0 Å². The zero-order chi connectivity index (χ0) is 13.7. The molecule has 0 saturated carbocycles. The van der Waals surface area contributed by atoms with E-state index in [1.807, 2.05) is 25.1 Å². The SMILES string of the molecule is CCOc1ccc(NC(=O)c2ccccc2)cc1N. The highest BCUT2D eigenvalue weighted by Crippen LogP contribution is 2.25. The third-order valence-corrected chi connectivity index (χ3v) is 2.60. The Bertz CT molecular complexity index is 568. The molecule has 0 unspecified atom stereocenters. The van der Waals surface area contributed by atoms with Gasteiger partial charge in [0.2, 0.25) is 0 Å². The minimum Gasteiger partial charge on any atom is -0.492 e. The fourth-order valence-electron chi connectivity index (χ4n) is 1.71. The minimum absolute atomic E-state index is 0.163. The molecule has 0 aliphatic rings. The van der Waals surface area contributed by atoms with Crippen molar-refractivity contribution < 1.29 is 9.53 Å². The molecular weight excluding hydrogens is 240 g/mol. The predicted octanol–water partition coefficient (Wildman–Crippen LogP) is 2.92. The third kappa shape index (κ3) is 3.25. The van der Waals surface area contributed by atoms with Crippen molar-refractivity contribution in [1.29, 1.82) is 0 Å². The van der Waals surface area contributed by atoms with Crippen molar-refractivity contribution in [2.75, 3.05) is 17.7 Å². The van der Waals surface area contributed by atoms with Crippen LogP contribution < -0.4 is 15.8 Å². The zero-order valence-corrected chi connectivity index (χ0v) is 10.7. The predicted molar refractivity (Wildman–Crippen MR) is 76.4 cm³/mol. The van der Waals surface area contributed by atoms with E-state index in [1.165, 1.54) is 0 Å². The van der Waals surface area contributed by atoms with Crippen LogP contribution in [0.4, 0.5) is 11.4 Å². The van der Waals surface area contributed by atoms with Gasteiger partial charge in [-0.2, -0.15) is 0 Å². The molecule has 2 aromatic rings. The standard InChI is InChI=1S/C15H16N2O2/c1-2-19-14-9-8-12(10-13(14)16)17-15(18)11-6-4-3-5-7-11/h3-10H,2,16H2,1H3,(H,17,18). The molecule has 19 heavy (non-hydrogen) atoms. The van der Waals surface area contributed by atoms with E-state index >= 15 is 0 Å². The van der Waals surface area contributed by atoms with E-state index in [9.17, 15) is 4.79 Å². The largest absolute Gasteiger partial charge is 0.492 e. The fourth-order valence-corrected chi connectivity index (χ4v) is 1.71. The molecule has 2 aromatic carbocycles. The zero-order valence-electron chi connectivity index (χ0n) is 10.7. The van der Waals surface area contributed by atoms with Gasteiger partial charge in [-0.1, -0.05) is 18.2 Å². The summed E-state index contributed by atoms with van der Waals surface area (Å²) in [6.07, 6.45) is 0. The van der Waals surface area contributed by atoms with Crippen LogP contribution in [-0.2, 0) is 0 Å².